The molecule has 2 aromatic carbocycles. The number of aryl methyl sites for hydroxylation is 1. The van der Waals surface area contributed by atoms with Gasteiger partial charge in [-0.2, -0.15) is 0 Å². The second-order valence-electron chi connectivity index (χ2n) is 8.28. The molecule has 3 aromatic rings. The Morgan fingerprint density at radius 3 is 2.40 bits per heavy atom. The molecule has 0 fully saturated rings. The fraction of sp³-hybridized carbons (Fsp3) is 0.273. The number of rotatable bonds is 2. The molecule has 1 aliphatic heterocycles. The van der Waals surface area contributed by atoms with E-state index < -0.39 is 28.8 Å². The molecular weight excluding hydrogens is 388 g/mol. The van der Waals surface area contributed by atoms with Crippen LogP contribution in [-0.4, -0.2) is 30.4 Å². The molecule has 0 saturated carbocycles. The lowest BCUT2D eigenvalue weighted by molar-refractivity contribution is 0.0598. The van der Waals surface area contributed by atoms with Gasteiger partial charge < -0.3 is 14.5 Å². The predicted octanol–water partition coefficient (Wildman–Crippen LogP) is 3.14. The lowest BCUT2D eigenvalue weighted by Crippen LogP contribution is -2.28. The number of carbonyl (C=O) groups excluding carboxylic acids is 3. The van der Waals surface area contributed by atoms with Crippen LogP contribution in [0.4, 0.5) is 5.69 Å². The Balaban J connectivity index is 2.32. The van der Waals surface area contributed by atoms with Gasteiger partial charge >= 0.3 is 5.97 Å². The van der Waals surface area contributed by atoms with Crippen molar-refractivity contribution < 1.29 is 23.5 Å². The molecule has 0 aliphatic carbocycles. The van der Waals surface area contributed by atoms with E-state index in [1.54, 1.807) is 18.2 Å². The number of ether oxygens (including phenoxy) is 1. The molecule has 4 rings (SSSR count). The van der Waals surface area contributed by atoms with Crippen LogP contribution in [0.2, 0.25) is 0 Å². The Labute approximate surface area is 171 Å². The van der Waals surface area contributed by atoms with Gasteiger partial charge in [-0.3, -0.25) is 19.7 Å². The molecule has 1 aromatic heterocycles. The molecule has 0 spiro atoms. The van der Waals surface area contributed by atoms with Gasteiger partial charge in [0.1, 0.15) is 5.58 Å². The number of benzene rings is 2. The summed E-state index contributed by atoms with van der Waals surface area (Å²) >= 11 is 0. The summed E-state index contributed by atoms with van der Waals surface area (Å²) in [5, 5.41) is 5.53. The molecule has 2 amide bonds. The van der Waals surface area contributed by atoms with E-state index in [1.165, 1.54) is 0 Å². The van der Waals surface area contributed by atoms with Crippen molar-refractivity contribution in [1.82, 2.24) is 5.32 Å². The second kappa shape index (κ2) is 6.41. The number of anilines is 1. The highest BCUT2D eigenvalue weighted by atomic mass is 16.5. The molecule has 2 heterocycles. The fourth-order valence-electron chi connectivity index (χ4n) is 3.68. The molecule has 8 heteroatoms. The monoisotopic (exact) mass is 408 g/mol. The Morgan fingerprint density at radius 1 is 1.10 bits per heavy atom. The van der Waals surface area contributed by atoms with Crippen LogP contribution < -0.4 is 16.1 Å². The smallest absolute Gasteiger partial charge is 0.339 e. The quantitative estimate of drug-likeness (QED) is 0.380. The first-order chi connectivity index (χ1) is 14.0. The highest BCUT2D eigenvalue weighted by Gasteiger charge is 2.40. The highest BCUT2D eigenvalue weighted by Crippen LogP contribution is 2.39. The summed E-state index contributed by atoms with van der Waals surface area (Å²) in [7, 11) is 1.14. The summed E-state index contributed by atoms with van der Waals surface area (Å²) in [5.41, 5.74) is -0.197. The average Bonchev–Trinajstić information content (AvgIpc) is 2.95. The first-order valence-electron chi connectivity index (χ1n) is 9.33. The number of nitrogens with one attached hydrogen (secondary N) is 2. The Morgan fingerprint density at radius 2 is 1.77 bits per heavy atom. The van der Waals surface area contributed by atoms with E-state index in [4.69, 9.17) is 9.15 Å². The highest BCUT2D eigenvalue weighted by molar-refractivity contribution is 6.31. The lowest BCUT2D eigenvalue weighted by Gasteiger charge is -2.24. The third-order valence-electron chi connectivity index (χ3n) is 4.84. The van der Waals surface area contributed by atoms with Gasteiger partial charge in [0.15, 0.2) is 5.58 Å². The number of methoxy groups -OCH3 is 1. The van der Waals surface area contributed by atoms with Gasteiger partial charge in [0.05, 0.1) is 40.3 Å². The Hall–Kier alpha value is -3.68. The normalized spacial score (nSPS) is 13.5. The van der Waals surface area contributed by atoms with Crippen molar-refractivity contribution in [2.75, 3.05) is 12.4 Å². The van der Waals surface area contributed by atoms with Crippen molar-refractivity contribution in [2.45, 2.75) is 33.2 Å². The van der Waals surface area contributed by atoms with Gasteiger partial charge in [-0.1, -0.05) is 11.6 Å². The standard InChI is InChI=1S/C22H20N2O6/c1-9-6-7-11-10(8-9)17(25)15-13(21(28)29-5)12-14(20(27)23-19(12)26)16(18(15)30-11)24-22(2,3)4/h6-8,24H,1-5H3,(H,23,26,27). The molecule has 0 radical (unpaired) electrons. The first-order valence-corrected chi connectivity index (χ1v) is 9.33. The maximum atomic E-state index is 13.5. The minimum atomic E-state index is -0.900. The van der Waals surface area contributed by atoms with Gasteiger partial charge in [0.25, 0.3) is 11.8 Å². The van der Waals surface area contributed by atoms with Crippen LogP contribution in [0.3, 0.4) is 0 Å². The molecule has 154 valence electrons. The van der Waals surface area contributed by atoms with Crippen LogP contribution in [0.15, 0.2) is 27.4 Å². The maximum Gasteiger partial charge on any atom is 0.339 e. The molecular formula is C22H20N2O6. The number of carbonyl (C=O) groups is 3. The summed E-state index contributed by atoms with van der Waals surface area (Å²) in [4.78, 5) is 51.4. The van der Waals surface area contributed by atoms with Gasteiger partial charge in [-0.15, -0.1) is 0 Å². The minimum absolute atomic E-state index is 0.0234. The van der Waals surface area contributed by atoms with Crippen molar-refractivity contribution in [1.29, 1.82) is 0 Å². The zero-order valence-electron chi connectivity index (χ0n) is 17.2. The molecule has 0 saturated heterocycles. The molecule has 2 N–H and O–H groups in total. The SMILES string of the molecule is COC(=O)c1c2c(c(NC(C)(C)C)c3oc4ccc(C)cc4c(=O)c13)C(=O)NC2=O. The van der Waals surface area contributed by atoms with E-state index in [-0.39, 0.29) is 38.7 Å². The van der Waals surface area contributed by atoms with Gasteiger partial charge in [0.2, 0.25) is 5.43 Å². The van der Waals surface area contributed by atoms with Gasteiger partial charge in [-0.25, -0.2) is 4.79 Å². The second-order valence-corrected chi connectivity index (χ2v) is 8.28. The first kappa shape index (κ1) is 19.6. The molecule has 1 aliphatic rings. The van der Waals surface area contributed by atoms with Crippen molar-refractivity contribution in [2.24, 2.45) is 0 Å². The number of hydrogen-bond acceptors (Lipinski definition) is 7. The molecule has 8 nitrogen and oxygen atoms in total. The fourth-order valence-corrected chi connectivity index (χ4v) is 3.68. The average molecular weight is 408 g/mol. The molecule has 0 unspecified atom stereocenters. The summed E-state index contributed by atoms with van der Waals surface area (Å²) < 4.78 is 10.9. The zero-order chi connectivity index (χ0) is 22.0. The van der Waals surface area contributed by atoms with E-state index in [2.05, 4.69) is 10.6 Å². The summed E-state index contributed by atoms with van der Waals surface area (Å²) in [5.74, 6) is -2.35. The summed E-state index contributed by atoms with van der Waals surface area (Å²) in [6, 6.07) is 5.10. The van der Waals surface area contributed by atoms with Gasteiger partial charge in [0, 0.05) is 5.54 Å². The Bertz CT molecular complexity index is 1340. The predicted molar refractivity (Wildman–Crippen MR) is 111 cm³/mol. The van der Waals surface area contributed by atoms with E-state index >= 15 is 0 Å². The lowest BCUT2D eigenvalue weighted by atomic mass is 9.93. The number of esters is 1. The van der Waals surface area contributed by atoms with E-state index in [1.807, 2.05) is 27.7 Å². The molecule has 30 heavy (non-hydrogen) atoms. The molecule has 0 bridgehead atoms. The van der Waals surface area contributed by atoms with Crippen LogP contribution in [0.1, 0.15) is 57.4 Å². The Kier molecular flexibility index (Phi) is 4.20. The van der Waals surface area contributed by atoms with E-state index in [0.29, 0.717) is 5.58 Å². The summed E-state index contributed by atoms with van der Waals surface area (Å²) in [6.07, 6.45) is 0. The third kappa shape index (κ3) is 2.83. The largest absolute Gasteiger partial charge is 0.465 e. The van der Waals surface area contributed by atoms with Crippen LogP contribution in [0, 0.1) is 6.92 Å². The summed E-state index contributed by atoms with van der Waals surface area (Å²) in [6.45, 7) is 7.40. The topological polar surface area (TPSA) is 115 Å². The van der Waals surface area contributed by atoms with Gasteiger partial charge in [-0.05, 0) is 39.8 Å². The number of amides is 2. The van der Waals surface area contributed by atoms with E-state index in [9.17, 15) is 19.2 Å². The number of hydrogen-bond donors (Lipinski definition) is 2. The molecule has 0 atom stereocenters. The minimum Gasteiger partial charge on any atom is -0.465 e. The van der Waals surface area contributed by atoms with Crippen molar-refractivity contribution in [3.63, 3.8) is 0 Å². The van der Waals surface area contributed by atoms with Crippen LogP contribution in [-0.2, 0) is 4.74 Å². The third-order valence-corrected chi connectivity index (χ3v) is 4.84. The zero-order valence-corrected chi connectivity index (χ0v) is 17.2. The van der Waals surface area contributed by atoms with Crippen LogP contribution in [0.5, 0.6) is 0 Å². The number of imide groups is 1. The van der Waals surface area contributed by atoms with Crippen molar-refractivity contribution in [3.05, 3.63) is 50.7 Å². The van der Waals surface area contributed by atoms with E-state index in [0.717, 1.165) is 12.7 Å². The number of fused-ring (bicyclic) bond motifs is 3. The maximum absolute atomic E-state index is 13.5. The van der Waals surface area contributed by atoms with Crippen molar-refractivity contribution >= 4 is 45.4 Å². The van der Waals surface area contributed by atoms with Crippen molar-refractivity contribution in [3.8, 4) is 0 Å². The van der Waals surface area contributed by atoms with Crippen LogP contribution >= 0.6 is 0 Å². The van der Waals surface area contributed by atoms with Crippen LogP contribution in [0.25, 0.3) is 21.9 Å².